The zero-order valence-corrected chi connectivity index (χ0v) is 12.4. The quantitative estimate of drug-likeness (QED) is 0.887. The van der Waals surface area contributed by atoms with Gasteiger partial charge in [-0.2, -0.15) is 0 Å². The van der Waals surface area contributed by atoms with Crippen LogP contribution in [0.2, 0.25) is 0 Å². The van der Waals surface area contributed by atoms with Crippen molar-refractivity contribution in [2.24, 2.45) is 0 Å². The standard InChI is InChI=1S/C18H20N2O/c1-12-6-5-9-17(13(12)2)20-18(21)16-11-19-10-14-7-3-4-8-15(14)16/h3-9,16,19H,10-11H2,1-2H3,(H,20,21). The third-order valence-corrected chi connectivity index (χ3v) is 4.27. The zero-order valence-electron chi connectivity index (χ0n) is 12.4. The fraction of sp³-hybridized carbons (Fsp3) is 0.278. The van der Waals surface area contributed by atoms with Crippen molar-refractivity contribution in [3.63, 3.8) is 0 Å². The summed E-state index contributed by atoms with van der Waals surface area (Å²) in [5.74, 6) is -0.0711. The predicted octanol–water partition coefficient (Wildman–Crippen LogP) is 3.13. The molecule has 0 bridgehead atoms. The fourth-order valence-corrected chi connectivity index (χ4v) is 2.84. The summed E-state index contributed by atoms with van der Waals surface area (Å²) in [6, 6.07) is 14.2. The van der Waals surface area contributed by atoms with Crippen LogP contribution in [0.1, 0.15) is 28.2 Å². The molecule has 3 rings (SSSR count). The minimum absolute atomic E-state index is 0.0587. The van der Waals surface area contributed by atoms with Crippen molar-refractivity contribution in [1.29, 1.82) is 0 Å². The topological polar surface area (TPSA) is 41.1 Å². The number of anilines is 1. The van der Waals surface area contributed by atoms with Crippen LogP contribution in [0.4, 0.5) is 5.69 Å². The van der Waals surface area contributed by atoms with Gasteiger partial charge in [0.1, 0.15) is 0 Å². The van der Waals surface area contributed by atoms with Gasteiger partial charge in [0.25, 0.3) is 0 Å². The van der Waals surface area contributed by atoms with Crippen LogP contribution in [-0.4, -0.2) is 12.5 Å². The number of carbonyl (C=O) groups is 1. The molecular formula is C18H20N2O. The van der Waals surface area contributed by atoms with E-state index in [1.807, 2.05) is 31.2 Å². The molecule has 1 unspecified atom stereocenters. The number of carbonyl (C=O) groups excluding carboxylic acids is 1. The second-order valence-electron chi connectivity index (χ2n) is 5.62. The van der Waals surface area contributed by atoms with Crippen molar-refractivity contribution in [2.75, 3.05) is 11.9 Å². The van der Waals surface area contributed by atoms with E-state index in [2.05, 4.69) is 35.8 Å². The van der Waals surface area contributed by atoms with E-state index < -0.39 is 0 Å². The van der Waals surface area contributed by atoms with E-state index in [1.54, 1.807) is 0 Å². The maximum Gasteiger partial charge on any atom is 0.233 e. The molecule has 21 heavy (non-hydrogen) atoms. The average Bonchev–Trinajstić information content (AvgIpc) is 2.51. The third kappa shape index (κ3) is 2.69. The molecule has 1 atom stereocenters. The van der Waals surface area contributed by atoms with Crippen LogP contribution in [0.5, 0.6) is 0 Å². The highest BCUT2D eigenvalue weighted by atomic mass is 16.1. The van der Waals surface area contributed by atoms with E-state index in [-0.39, 0.29) is 11.8 Å². The molecule has 2 N–H and O–H groups in total. The molecule has 3 heteroatoms. The first-order chi connectivity index (χ1) is 10.2. The molecule has 1 heterocycles. The normalized spacial score (nSPS) is 17.1. The zero-order chi connectivity index (χ0) is 14.8. The summed E-state index contributed by atoms with van der Waals surface area (Å²) in [6.07, 6.45) is 0. The summed E-state index contributed by atoms with van der Waals surface area (Å²) in [5, 5.41) is 6.41. The molecule has 3 nitrogen and oxygen atoms in total. The van der Waals surface area contributed by atoms with Crippen LogP contribution >= 0.6 is 0 Å². The number of aryl methyl sites for hydroxylation is 1. The average molecular weight is 280 g/mol. The number of nitrogens with one attached hydrogen (secondary N) is 2. The van der Waals surface area contributed by atoms with Crippen LogP contribution in [0.15, 0.2) is 42.5 Å². The van der Waals surface area contributed by atoms with Crippen molar-refractivity contribution >= 4 is 11.6 Å². The van der Waals surface area contributed by atoms with Gasteiger partial charge in [-0.15, -0.1) is 0 Å². The lowest BCUT2D eigenvalue weighted by molar-refractivity contribution is -0.117. The smallest absolute Gasteiger partial charge is 0.233 e. The molecule has 2 aromatic carbocycles. The maximum atomic E-state index is 12.6. The van der Waals surface area contributed by atoms with Gasteiger partial charge in [-0.05, 0) is 42.2 Å². The SMILES string of the molecule is Cc1cccc(NC(=O)C2CNCc3ccccc32)c1C. The van der Waals surface area contributed by atoms with E-state index in [0.717, 1.165) is 23.4 Å². The fourth-order valence-electron chi connectivity index (χ4n) is 2.84. The molecular weight excluding hydrogens is 260 g/mol. The molecule has 0 saturated heterocycles. The van der Waals surface area contributed by atoms with Crippen LogP contribution in [-0.2, 0) is 11.3 Å². The summed E-state index contributed by atoms with van der Waals surface area (Å²) in [5.41, 5.74) is 5.57. The van der Waals surface area contributed by atoms with Gasteiger partial charge >= 0.3 is 0 Å². The largest absolute Gasteiger partial charge is 0.325 e. The van der Waals surface area contributed by atoms with Gasteiger partial charge in [-0.25, -0.2) is 0 Å². The van der Waals surface area contributed by atoms with Gasteiger partial charge in [-0.3, -0.25) is 4.79 Å². The Balaban J connectivity index is 1.85. The molecule has 0 aromatic heterocycles. The second-order valence-corrected chi connectivity index (χ2v) is 5.62. The first kappa shape index (κ1) is 13.8. The van der Waals surface area contributed by atoms with Crippen LogP contribution in [0.25, 0.3) is 0 Å². The molecule has 1 amide bonds. The van der Waals surface area contributed by atoms with E-state index in [4.69, 9.17) is 0 Å². The first-order valence-corrected chi connectivity index (χ1v) is 7.32. The molecule has 0 fully saturated rings. The van der Waals surface area contributed by atoms with Gasteiger partial charge in [-0.1, -0.05) is 36.4 Å². The molecule has 108 valence electrons. The van der Waals surface area contributed by atoms with E-state index in [0.29, 0.717) is 6.54 Å². The Labute approximate surface area is 125 Å². The van der Waals surface area contributed by atoms with Gasteiger partial charge in [0.05, 0.1) is 5.92 Å². The van der Waals surface area contributed by atoms with Crippen molar-refractivity contribution in [3.8, 4) is 0 Å². The van der Waals surface area contributed by atoms with Crippen molar-refractivity contribution in [1.82, 2.24) is 5.32 Å². The highest BCUT2D eigenvalue weighted by Crippen LogP contribution is 2.26. The van der Waals surface area contributed by atoms with Crippen molar-refractivity contribution in [3.05, 3.63) is 64.7 Å². The number of rotatable bonds is 2. The van der Waals surface area contributed by atoms with E-state index in [9.17, 15) is 4.79 Å². The molecule has 0 spiro atoms. The van der Waals surface area contributed by atoms with Crippen LogP contribution < -0.4 is 10.6 Å². The van der Waals surface area contributed by atoms with Gasteiger partial charge in [0.15, 0.2) is 0 Å². The number of amides is 1. The first-order valence-electron chi connectivity index (χ1n) is 7.32. The number of benzene rings is 2. The predicted molar refractivity (Wildman–Crippen MR) is 85.4 cm³/mol. The lowest BCUT2D eigenvalue weighted by Crippen LogP contribution is -2.35. The van der Waals surface area contributed by atoms with Crippen molar-refractivity contribution < 1.29 is 4.79 Å². The summed E-state index contributed by atoms with van der Waals surface area (Å²) < 4.78 is 0. The number of hydrogen-bond donors (Lipinski definition) is 2. The summed E-state index contributed by atoms with van der Waals surface area (Å²) in [7, 11) is 0. The third-order valence-electron chi connectivity index (χ3n) is 4.27. The molecule has 0 aliphatic carbocycles. The van der Waals surface area contributed by atoms with Crippen LogP contribution in [0, 0.1) is 13.8 Å². The molecule has 0 radical (unpaired) electrons. The number of hydrogen-bond acceptors (Lipinski definition) is 2. The maximum absolute atomic E-state index is 12.6. The molecule has 0 saturated carbocycles. The molecule has 2 aromatic rings. The Morgan fingerprint density at radius 3 is 2.81 bits per heavy atom. The van der Waals surface area contributed by atoms with Crippen LogP contribution in [0.3, 0.4) is 0 Å². The van der Waals surface area contributed by atoms with Crippen molar-refractivity contribution in [2.45, 2.75) is 26.3 Å². The van der Waals surface area contributed by atoms with E-state index in [1.165, 1.54) is 11.1 Å². The van der Waals surface area contributed by atoms with E-state index >= 15 is 0 Å². The Hall–Kier alpha value is -2.13. The molecule has 1 aliphatic heterocycles. The minimum atomic E-state index is -0.130. The lowest BCUT2D eigenvalue weighted by Gasteiger charge is -2.26. The Kier molecular flexibility index (Phi) is 3.76. The Morgan fingerprint density at radius 2 is 1.95 bits per heavy atom. The summed E-state index contributed by atoms with van der Waals surface area (Å²) >= 11 is 0. The lowest BCUT2D eigenvalue weighted by atomic mass is 9.90. The summed E-state index contributed by atoms with van der Waals surface area (Å²) in [6.45, 7) is 5.62. The monoisotopic (exact) mass is 280 g/mol. The van der Waals surface area contributed by atoms with Gasteiger partial charge < -0.3 is 10.6 Å². The Morgan fingerprint density at radius 1 is 1.14 bits per heavy atom. The summed E-state index contributed by atoms with van der Waals surface area (Å²) in [4.78, 5) is 12.6. The van der Waals surface area contributed by atoms with Gasteiger partial charge in [0, 0.05) is 18.8 Å². The minimum Gasteiger partial charge on any atom is -0.325 e. The second kappa shape index (κ2) is 5.70. The molecule has 1 aliphatic rings. The Bertz CT molecular complexity index is 679. The van der Waals surface area contributed by atoms with Gasteiger partial charge in [0.2, 0.25) is 5.91 Å². The highest BCUT2D eigenvalue weighted by Gasteiger charge is 2.26. The number of fused-ring (bicyclic) bond motifs is 1. The highest BCUT2D eigenvalue weighted by molar-refractivity contribution is 5.97.